The molecule has 0 atom stereocenters. The third-order valence-corrected chi connectivity index (χ3v) is 6.32. The predicted molar refractivity (Wildman–Crippen MR) is 108 cm³/mol. The molecule has 3 aromatic rings. The van der Waals surface area contributed by atoms with Gasteiger partial charge in [0.15, 0.2) is 0 Å². The maximum atomic E-state index is 12.6. The van der Waals surface area contributed by atoms with Gasteiger partial charge in [0.1, 0.15) is 0 Å². The lowest BCUT2D eigenvalue weighted by Gasteiger charge is -2.31. The van der Waals surface area contributed by atoms with Gasteiger partial charge < -0.3 is 4.90 Å². The number of carbonyl (C=O) groups is 1. The number of hydrogen-bond donors (Lipinski definition) is 0. The lowest BCUT2D eigenvalue weighted by atomic mass is 9.97. The summed E-state index contributed by atoms with van der Waals surface area (Å²) in [6.45, 7) is 2.39. The first kappa shape index (κ1) is 17.2. The fourth-order valence-electron chi connectivity index (χ4n) is 3.50. The minimum atomic E-state index is 0.148. The molecule has 1 fully saturated rings. The number of hydrogen-bond acceptors (Lipinski definition) is 4. The van der Waals surface area contributed by atoms with Crippen LogP contribution in [0.5, 0.6) is 0 Å². The fraction of sp³-hybridized carbons (Fsp3) is 0.333. The Kier molecular flexibility index (Phi) is 5.00. The van der Waals surface area contributed by atoms with Crippen LogP contribution in [0.3, 0.4) is 0 Å². The molecule has 134 valence electrons. The number of fused-ring (bicyclic) bond motifs is 1. The largest absolute Gasteiger partial charge is 0.314 e. The van der Waals surface area contributed by atoms with Crippen molar-refractivity contribution in [2.75, 3.05) is 31.6 Å². The number of rotatable bonds is 4. The van der Waals surface area contributed by atoms with Gasteiger partial charge in [-0.15, -0.1) is 11.3 Å². The van der Waals surface area contributed by atoms with Gasteiger partial charge in [-0.2, -0.15) is 0 Å². The van der Waals surface area contributed by atoms with Crippen LogP contribution < -0.4 is 4.90 Å². The lowest BCUT2D eigenvalue weighted by molar-refractivity contribution is -0.119. The van der Waals surface area contributed by atoms with Crippen molar-refractivity contribution >= 4 is 33.1 Å². The Morgan fingerprint density at radius 1 is 1.12 bits per heavy atom. The molecule has 1 aliphatic rings. The van der Waals surface area contributed by atoms with Gasteiger partial charge in [-0.05, 0) is 50.2 Å². The average Bonchev–Trinajstić information content (AvgIpc) is 3.13. The molecular formula is C21H23N3OS. The zero-order chi connectivity index (χ0) is 17.9. The highest BCUT2D eigenvalue weighted by Crippen LogP contribution is 2.33. The second-order valence-corrected chi connectivity index (χ2v) is 7.92. The summed E-state index contributed by atoms with van der Waals surface area (Å²) in [4.78, 5) is 21.4. The molecule has 1 saturated heterocycles. The molecule has 2 aromatic carbocycles. The van der Waals surface area contributed by atoms with Gasteiger partial charge in [-0.3, -0.25) is 9.69 Å². The average molecular weight is 366 g/mol. The quantitative estimate of drug-likeness (QED) is 0.697. The highest BCUT2D eigenvalue weighted by Gasteiger charge is 2.25. The zero-order valence-electron chi connectivity index (χ0n) is 15.0. The maximum Gasteiger partial charge on any atom is 0.240 e. The third-order valence-electron chi connectivity index (χ3n) is 5.12. The monoisotopic (exact) mass is 365 g/mol. The molecule has 0 radical (unpaired) electrons. The predicted octanol–water partition coefficient (Wildman–Crippen LogP) is 4.14. The number of likely N-dealkylation sites (tertiary alicyclic amines) is 1. The van der Waals surface area contributed by atoms with E-state index in [0.717, 1.165) is 37.1 Å². The topological polar surface area (TPSA) is 36.4 Å². The second-order valence-electron chi connectivity index (χ2n) is 6.86. The van der Waals surface area contributed by atoms with Gasteiger partial charge in [0.25, 0.3) is 0 Å². The minimum Gasteiger partial charge on any atom is -0.314 e. The molecule has 0 saturated carbocycles. The number of likely N-dealkylation sites (N-methyl/N-ethyl adjacent to an activating group) is 1. The van der Waals surface area contributed by atoms with Crippen LogP contribution in [0.4, 0.5) is 5.69 Å². The lowest BCUT2D eigenvalue weighted by Crippen LogP contribution is -2.42. The van der Waals surface area contributed by atoms with Gasteiger partial charge in [0.05, 0.1) is 21.8 Å². The fourth-order valence-corrected chi connectivity index (χ4v) is 4.63. The van der Waals surface area contributed by atoms with E-state index in [1.54, 1.807) is 4.90 Å². The standard InChI is InChI=1S/C21H23N3OS/c1-23(17-7-3-2-4-8-17)20(25)15-24-13-11-16(12-14-24)21-22-18-9-5-6-10-19(18)26-21/h2-10,16H,11-15H2,1H3. The Balaban J connectivity index is 1.34. The molecule has 0 unspecified atom stereocenters. The first-order chi connectivity index (χ1) is 12.7. The maximum absolute atomic E-state index is 12.6. The molecule has 0 aliphatic carbocycles. The van der Waals surface area contributed by atoms with E-state index < -0.39 is 0 Å². The molecule has 2 heterocycles. The third kappa shape index (κ3) is 3.64. The van der Waals surface area contributed by atoms with Crippen molar-refractivity contribution in [2.45, 2.75) is 18.8 Å². The van der Waals surface area contributed by atoms with Crippen LogP contribution in [0.15, 0.2) is 54.6 Å². The molecule has 5 heteroatoms. The molecule has 1 aliphatic heterocycles. The number of benzene rings is 2. The number of anilines is 1. The van der Waals surface area contributed by atoms with Crippen LogP contribution in [0.2, 0.25) is 0 Å². The summed E-state index contributed by atoms with van der Waals surface area (Å²) in [6, 6.07) is 18.2. The van der Waals surface area contributed by atoms with Crippen LogP contribution in [0, 0.1) is 0 Å². The van der Waals surface area contributed by atoms with Gasteiger partial charge in [0, 0.05) is 18.7 Å². The van der Waals surface area contributed by atoms with Crippen molar-refractivity contribution in [3.05, 3.63) is 59.6 Å². The summed E-state index contributed by atoms with van der Waals surface area (Å²) in [6.07, 6.45) is 2.14. The van der Waals surface area contributed by atoms with Gasteiger partial charge in [-0.1, -0.05) is 30.3 Å². The summed E-state index contributed by atoms with van der Waals surface area (Å²) >= 11 is 1.82. The number of piperidine rings is 1. The van der Waals surface area contributed by atoms with Crippen LogP contribution in [-0.4, -0.2) is 42.5 Å². The zero-order valence-corrected chi connectivity index (χ0v) is 15.8. The van der Waals surface area contributed by atoms with Crippen LogP contribution in [-0.2, 0) is 4.79 Å². The molecule has 0 bridgehead atoms. The molecule has 1 aromatic heterocycles. The summed E-state index contributed by atoms with van der Waals surface area (Å²) in [5.41, 5.74) is 2.05. The van der Waals surface area contributed by atoms with Gasteiger partial charge in [-0.25, -0.2) is 4.98 Å². The number of amides is 1. The Hall–Kier alpha value is -2.24. The summed E-state index contributed by atoms with van der Waals surface area (Å²) in [7, 11) is 1.85. The Morgan fingerprint density at radius 2 is 1.81 bits per heavy atom. The summed E-state index contributed by atoms with van der Waals surface area (Å²) in [5, 5.41) is 1.25. The van der Waals surface area contributed by atoms with E-state index in [9.17, 15) is 4.79 Å². The molecule has 26 heavy (non-hydrogen) atoms. The summed E-state index contributed by atoms with van der Waals surface area (Å²) in [5.74, 6) is 0.667. The SMILES string of the molecule is CN(C(=O)CN1CCC(c2nc3ccccc3s2)CC1)c1ccccc1. The van der Waals surface area contributed by atoms with E-state index in [1.165, 1.54) is 9.71 Å². The molecular weight excluding hydrogens is 342 g/mol. The number of nitrogens with zero attached hydrogens (tertiary/aromatic N) is 3. The van der Waals surface area contributed by atoms with E-state index in [4.69, 9.17) is 4.98 Å². The van der Waals surface area contributed by atoms with Gasteiger partial charge in [0.2, 0.25) is 5.91 Å². The van der Waals surface area contributed by atoms with Crippen LogP contribution in [0.25, 0.3) is 10.2 Å². The normalized spacial score (nSPS) is 16.0. The molecule has 1 amide bonds. The van der Waals surface area contributed by atoms with Crippen LogP contribution in [0.1, 0.15) is 23.8 Å². The highest BCUT2D eigenvalue weighted by molar-refractivity contribution is 7.18. The van der Waals surface area contributed by atoms with E-state index in [1.807, 2.05) is 54.8 Å². The first-order valence-corrected chi connectivity index (χ1v) is 9.92. The van der Waals surface area contributed by atoms with Gasteiger partial charge >= 0.3 is 0 Å². The van der Waals surface area contributed by atoms with E-state index in [2.05, 4.69) is 23.1 Å². The van der Waals surface area contributed by atoms with Crippen molar-refractivity contribution in [1.82, 2.24) is 9.88 Å². The van der Waals surface area contributed by atoms with Crippen molar-refractivity contribution in [2.24, 2.45) is 0 Å². The Bertz CT molecular complexity index is 851. The number of thiazole rings is 1. The minimum absolute atomic E-state index is 0.148. The van der Waals surface area contributed by atoms with Crippen molar-refractivity contribution < 1.29 is 4.79 Å². The smallest absolute Gasteiger partial charge is 0.240 e. The Labute approximate surface area is 158 Å². The molecule has 4 nitrogen and oxygen atoms in total. The first-order valence-electron chi connectivity index (χ1n) is 9.10. The molecule has 0 N–H and O–H groups in total. The van der Waals surface area contributed by atoms with E-state index in [0.29, 0.717) is 12.5 Å². The van der Waals surface area contributed by atoms with Crippen LogP contribution >= 0.6 is 11.3 Å². The molecule has 0 spiro atoms. The number of para-hydroxylation sites is 2. The van der Waals surface area contributed by atoms with E-state index >= 15 is 0 Å². The van der Waals surface area contributed by atoms with E-state index in [-0.39, 0.29) is 5.91 Å². The van der Waals surface area contributed by atoms with Crippen molar-refractivity contribution in [1.29, 1.82) is 0 Å². The second kappa shape index (κ2) is 7.56. The Morgan fingerprint density at radius 3 is 2.54 bits per heavy atom. The van der Waals surface area contributed by atoms with Crippen molar-refractivity contribution in [3.8, 4) is 0 Å². The number of aromatic nitrogens is 1. The number of carbonyl (C=O) groups excluding carboxylic acids is 1. The molecule has 4 rings (SSSR count). The highest BCUT2D eigenvalue weighted by atomic mass is 32.1. The summed E-state index contributed by atoms with van der Waals surface area (Å²) < 4.78 is 1.27. The van der Waals surface area contributed by atoms with Crippen molar-refractivity contribution in [3.63, 3.8) is 0 Å².